The summed E-state index contributed by atoms with van der Waals surface area (Å²) < 4.78 is 1.59. The van der Waals surface area contributed by atoms with Crippen molar-refractivity contribution >= 4 is 5.95 Å². The van der Waals surface area contributed by atoms with Gasteiger partial charge in [-0.3, -0.25) is 9.69 Å². The number of nitrogens with zero attached hydrogens (tertiary/aromatic N) is 6. The second-order valence-corrected chi connectivity index (χ2v) is 7.41. The number of anilines is 1. The van der Waals surface area contributed by atoms with Gasteiger partial charge < -0.3 is 4.90 Å². The summed E-state index contributed by atoms with van der Waals surface area (Å²) >= 11 is 0. The third-order valence-corrected chi connectivity index (χ3v) is 4.47. The summed E-state index contributed by atoms with van der Waals surface area (Å²) in [7, 11) is 0. The largest absolute Gasteiger partial charge is 0.338 e. The van der Waals surface area contributed by atoms with E-state index in [4.69, 9.17) is 0 Å². The van der Waals surface area contributed by atoms with E-state index >= 15 is 0 Å². The van der Waals surface area contributed by atoms with Gasteiger partial charge in [0.2, 0.25) is 5.95 Å². The summed E-state index contributed by atoms with van der Waals surface area (Å²) in [6.07, 6.45) is 3.55. The van der Waals surface area contributed by atoms with Crippen LogP contribution in [0.3, 0.4) is 0 Å². The normalized spacial score (nSPS) is 16.2. The highest BCUT2D eigenvalue weighted by Crippen LogP contribution is 2.18. The zero-order chi connectivity index (χ0) is 17.9. The highest BCUT2D eigenvalue weighted by atomic mass is 16.1. The molecule has 0 aromatic carbocycles. The minimum Gasteiger partial charge on any atom is -0.338 e. The average molecular weight is 342 g/mol. The Bertz CT molecular complexity index is 744. The molecular formula is C18H26N6O. The summed E-state index contributed by atoms with van der Waals surface area (Å²) in [5.74, 6) is 0.790. The Kier molecular flexibility index (Phi) is 5.13. The summed E-state index contributed by atoms with van der Waals surface area (Å²) in [6.45, 7) is 11.4. The first-order valence-electron chi connectivity index (χ1n) is 8.76. The van der Waals surface area contributed by atoms with E-state index in [0.717, 1.165) is 44.4 Å². The number of aromatic nitrogens is 4. The fourth-order valence-electron chi connectivity index (χ4n) is 2.87. The van der Waals surface area contributed by atoms with Crippen molar-refractivity contribution in [3.63, 3.8) is 0 Å². The fourth-order valence-corrected chi connectivity index (χ4v) is 2.87. The van der Waals surface area contributed by atoms with Crippen molar-refractivity contribution in [1.82, 2.24) is 24.6 Å². The Morgan fingerprint density at radius 1 is 1.00 bits per heavy atom. The third-order valence-electron chi connectivity index (χ3n) is 4.47. The molecular weight excluding hydrogens is 316 g/mol. The molecule has 0 aliphatic carbocycles. The van der Waals surface area contributed by atoms with Gasteiger partial charge >= 0.3 is 0 Å². The Labute approximate surface area is 148 Å². The molecule has 7 nitrogen and oxygen atoms in total. The molecule has 0 saturated carbocycles. The number of piperazine rings is 1. The number of rotatable bonds is 4. The Morgan fingerprint density at radius 3 is 2.32 bits per heavy atom. The minimum absolute atomic E-state index is 0.0377. The van der Waals surface area contributed by atoms with E-state index in [-0.39, 0.29) is 11.0 Å². The van der Waals surface area contributed by atoms with E-state index < -0.39 is 0 Å². The first kappa shape index (κ1) is 17.5. The number of hydrogen-bond acceptors (Lipinski definition) is 6. The highest BCUT2D eigenvalue weighted by molar-refractivity contribution is 5.29. The minimum atomic E-state index is -0.0588. The first-order chi connectivity index (χ1) is 11.9. The lowest BCUT2D eigenvalue weighted by Crippen LogP contribution is -2.48. The molecule has 7 heteroatoms. The molecule has 134 valence electrons. The molecule has 2 aromatic rings. The van der Waals surface area contributed by atoms with E-state index in [1.165, 1.54) is 0 Å². The van der Waals surface area contributed by atoms with E-state index in [2.05, 4.69) is 45.6 Å². The predicted octanol–water partition coefficient (Wildman–Crippen LogP) is 1.15. The second-order valence-electron chi connectivity index (χ2n) is 7.41. The average Bonchev–Trinajstić information content (AvgIpc) is 2.61. The van der Waals surface area contributed by atoms with Gasteiger partial charge in [0.1, 0.15) is 0 Å². The molecule has 1 fully saturated rings. The van der Waals surface area contributed by atoms with Gasteiger partial charge in [0.15, 0.2) is 0 Å². The fraction of sp³-hybridized carbons (Fsp3) is 0.556. The van der Waals surface area contributed by atoms with Crippen molar-refractivity contribution in [2.24, 2.45) is 0 Å². The van der Waals surface area contributed by atoms with Crippen molar-refractivity contribution in [3.8, 4) is 0 Å². The molecule has 25 heavy (non-hydrogen) atoms. The molecule has 0 bridgehead atoms. The van der Waals surface area contributed by atoms with Gasteiger partial charge in [0, 0.05) is 56.6 Å². The lowest BCUT2D eigenvalue weighted by atomic mass is 9.92. The molecule has 1 aliphatic heterocycles. The zero-order valence-corrected chi connectivity index (χ0v) is 15.2. The maximum atomic E-state index is 12.1. The molecule has 0 N–H and O–H groups in total. The van der Waals surface area contributed by atoms with Gasteiger partial charge in [-0.05, 0) is 12.1 Å². The summed E-state index contributed by atoms with van der Waals surface area (Å²) in [4.78, 5) is 25.2. The molecule has 0 unspecified atom stereocenters. The second kappa shape index (κ2) is 7.31. The molecule has 3 heterocycles. The van der Waals surface area contributed by atoms with Gasteiger partial charge in [0.25, 0.3) is 5.56 Å². The lowest BCUT2D eigenvalue weighted by molar-refractivity contribution is 0.241. The molecule has 2 aromatic heterocycles. The van der Waals surface area contributed by atoms with Crippen LogP contribution in [0.2, 0.25) is 0 Å². The van der Waals surface area contributed by atoms with Crippen LogP contribution in [-0.4, -0.2) is 57.4 Å². The van der Waals surface area contributed by atoms with Gasteiger partial charge in [-0.1, -0.05) is 20.8 Å². The van der Waals surface area contributed by atoms with Crippen molar-refractivity contribution in [2.75, 3.05) is 37.6 Å². The van der Waals surface area contributed by atoms with E-state index in [0.29, 0.717) is 6.54 Å². The van der Waals surface area contributed by atoms with E-state index in [1.807, 2.05) is 12.1 Å². The van der Waals surface area contributed by atoms with Crippen LogP contribution in [0, 0.1) is 0 Å². The van der Waals surface area contributed by atoms with Gasteiger partial charge in [-0.15, -0.1) is 0 Å². The van der Waals surface area contributed by atoms with Crippen LogP contribution in [0.25, 0.3) is 0 Å². The summed E-state index contributed by atoms with van der Waals surface area (Å²) in [5, 5.41) is 4.54. The van der Waals surface area contributed by atoms with Crippen molar-refractivity contribution in [2.45, 2.75) is 32.7 Å². The highest BCUT2D eigenvalue weighted by Gasteiger charge is 2.20. The van der Waals surface area contributed by atoms with Crippen LogP contribution >= 0.6 is 0 Å². The molecule has 3 rings (SSSR count). The Balaban J connectivity index is 1.56. The van der Waals surface area contributed by atoms with Crippen LogP contribution in [0.15, 0.2) is 35.4 Å². The van der Waals surface area contributed by atoms with Crippen molar-refractivity contribution in [3.05, 3.63) is 46.6 Å². The molecule has 1 aliphatic rings. The SMILES string of the molecule is CC(C)(C)c1ccc(=O)n(CCN2CCN(c3ncccn3)CC2)n1. The monoisotopic (exact) mass is 342 g/mol. The molecule has 0 radical (unpaired) electrons. The predicted molar refractivity (Wildman–Crippen MR) is 97.9 cm³/mol. The van der Waals surface area contributed by atoms with E-state index in [1.54, 1.807) is 23.1 Å². The summed E-state index contributed by atoms with van der Waals surface area (Å²) in [5.41, 5.74) is 0.846. The van der Waals surface area contributed by atoms with Crippen LogP contribution < -0.4 is 10.5 Å². The maximum Gasteiger partial charge on any atom is 0.266 e. The Morgan fingerprint density at radius 2 is 1.68 bits per heavy atom. The standard InChI is InChI=1S/C18H26N6O/c1-18(2,3)15-5-6-16(25)24(21-15)14-11-22-9-12-23(13-10-22)17-19-7-4-8-20-17/h4-8H,9-14H2,1-3H3. The third kappa shape index (κ3) is 4.42. The van der Waals surface area contributed by atoms with E-state index in [9.17, 15) is 4.79 Å². The van der Waals surface area contributed by atoms with Crippen LogP contribution in [0.1, 0.15) is 26.5 Å². The molecule has 1 saturated heterocycles. The topological polar surface area (TPSA) is 67.2 Å². The molecule has 0 atom stereocenters. The van der Waals surface area contributed by atoms with Crippen LogP contribution in [0.5, 0.6) is 0 Å². The molecule has 0 amide bonds. The Hall–Kier alpha value is -2.28. The molecule has 0 spiro atoms. The lowest BCUT2D eigenvalue weighted by Gasteiger charge is -2.34. The maximum absolute atomic E-state index is 12.1. The zero-order valence-electron chi connectivity index (χ0n) is 15.2. The van der Waals surface area contributed by atoms with Gasteiger partial charge in [-0.2, -0.15) is 5.10 Å². The number of hydrogen-bond donors (Lipinski definition) is 0. The van der Waals surface area contributed by atoms with Gasteiger partial charge in [0.05, 0.1) is 12.2 Å². The van der Waals surface area contributed by atoms with Crippen LogP contribution in [0.4, 0.5) is 5.95 Å². The quantitative estimate of drug-likeness (QED) is 0.830. The smallest absolute Gasteiger partial charge is 0.266 e. The first-order valence-corrected chi connectivity index (χ1v) is 8.76. The van der Waals surface area contributed by atoms with Crippen LogP contribution in [-0.2, 0) is 12.0 Å². The van der Waals surface area contributed by atoms with Gasteiger partial charge in [-0.25, -0.2) is 14.6 Å². The summed E-state index contributed by atoms with van der Waals surface area (Å²) in [6, 6.07) is 5.28. The van der Waals surface area contributed by atoms with Crippen molar-refractivity contribution in [1.29, 1.82) is 0 Å². The van der Waals surface area contributed by atoms with Crippen molar-refractivity contribution < 1.29 is 0 Å².